The number of hydrogen-bond donors (Lipinski definition) is 2. The van der Waals surface area contributed by atoms with E-state index in [-0.39, 0.29) is 17.3 Å². The maximum absolute atomic E-state index is 13.1. The smallest absolute Gasteiger partial charge is 0.256 e. The standard InChI is InChI=1S/C30H28N6O3/c1-39-24-10-7-22(8-11-24)30(38)34-29-26(18-31)28(32-19-21-5-3-2-4-6-21)25-17-23(9-12-27(25)33-29)36-15-13-35(20-37)14-16-36/h2-12,17,20H,13-16,19H2,1H3,(H2,32,33,34,38). The lowest BCUT2D eigenvalue weighted by Gasteiger charge is -2.34. The molecule has 196 valence electrons. The molecule has 4 aromatic rings. The highest BCUT2D eigenvalue weighted by molar-refractivity contribution is 6.07. The molecule has 2 amide bonds. The van der Waals surface area contributed by atoms with Crippen molar-refractivity contribution < 1.29 is 14.3 Å². The van der Waals surface area contributed by atoms with Crippen molar-refractivity contribution in [1.82, 2.24) is 9.88 Å². The first-order valence-corrected chi connectivity index (χ1v) is 12.6. The molecule has 3 aromatic carbocycles. The Balaban J connectivity index is 1.53. The van der Waals surface area contributed by atoms with Gasteiger partial charge in [-0.1, -0.05) is 30.3 Å². The van der Waals surface area contributed by atoms with Gasteiger partial charge in [-0.25, -0.2) is 4.98 Å². The number of piperazine rings is 1. The highest BCUT2D eigenvalue weighted by atomic mass is 16.5. The Morgan fingerprint density at radius 1 is 1.05 bits per heavy atom. The maximum Gasteiger partial charge on any atom is 0.256 e. The molecular formula is C30H28N6O3. The highest BCUT2D eigenvalue weighted by Gasteiger charge is 2.21. The predicted octanol–water partition coefficient (Wildman–Crippen LogP) is 4.26. The molecule has 1 saturated heterocycles. The molecular weight excluding hydrogens is 492 g/mol. The number of aromatic nitrogens is 1. The van der Waals surface area contributed by atoms with Crippen LogP contribution in [0.2, 0.25) is 0 Å². The van der Waals surface area contributed by atoms with Gasteiger partial charge >= 0.3 is 0 Å². The molecule has 5 rings (SSSR count). The first-order chi connectivity index (χ1) is 19.1. The van der Waals surface area contributed by atoms with Gasteiger partial charge in [0, 0.05) is 49.4 Å². The zero-order chi connectivity index (χ0) is 27.2. The van der Waals surface area contributed by atoms with Crippen molar-refractivity contribution in [3.63, 3.8) is 0 Å². The number of fused-ring (bicyclic) bond motifs is 1. The summed E-state index contributed by atoms with van der Waals surface area (Å²) < 4.78 is 5.18. The Labute approximate surface area is 226 Å². The molecule has 1 aromatic heterocycles. The van der Waals surface area contributed by atoms with Gasteiger partial charge in [0.1, 0.15) is 17.4 Å². The quantitative estimate of drug-likeness (QED) is 0.334. The molecule has 39 heavy (non-hydrogen) atoms. The van der Waals surface area contributed by atoms with Gasteiger partial charge in [0.25, 0.3) is 5.91 Å². The summed E-state index contributed by atoms with van der Waals surface area (Å²) in [6.45, 7) is 3.22. The minimum atomic E-state index is -0.375. The molecule has 0 aliphatic carbocycles. The average Bonchev–Trinajstić information content (AvgIpc) is 3.00. The topological polar surface area (TPSA) is 111 Å². The Morgan fingerprint density at radius 3 is 2.46 bits per heavy atom. The Kier molecular flexibility index (Phi) is 7.55. The number of hydrogen-bond acceptors (Lipinski definition) is 7. The monoisotopic (exact) mass is 520 g/mol. The van der Waals surface area contributed by atoms with Crippen molar-refractivity contribution in [3.05, 3.63) is 89.5 Å². The second kappa shape index (κ2) is 11.5. The Bertz CT molecular complexity index is 1520. The number of anilines is 3. The fourth-order valence-electron chi connectivity index (χ4n) is 4.62. The van der Waals surface area contributed by atoms with Crippen LogP contribution < -0.4 is 20.3 Å². The highest BCUT2D eigenvalue weighted by Crippen LogP contribution is 2.34. The maximum atomic E-state index is 13.1. The summed E-state index contributed by atoms with van der Waals surface area (Å²) in [5.74, 6) is 0.456. The summed E-state index contributed by atoms with van der Waals surface area (Å²) in [5.41, 5.74) is 3.95. The van der Waals surface area contributed by atoms with Gasteiger partial charge in [-0.15, -0.1) is 0 Å². The predicted molar refractivity (Wildman–Crippen MR) is 151 cm³/mol. The van der Waals surface area contributed by atoms with Crippen molar-refractivity contribution in [2.24, 2.45) is 0 Å². The van der Waals surface area contributed by atoms with Crippen molar-refractivity contribution in [1.29, 1.82) is 5.26 Å². The van der Waals surface area contributed by atoms with Crippen LogP contribution in [0.25, 0.3) is 10.9 Å². The minimum Gasteiger partial charge on any atom is -0.497 e. The van der Waals surface area contributed by atoms with E-state index in [9.17, 15) is 14.9 Å². The van der Waals surface area contributed by atoms with Gasteiger partial charge in [-0.05, 0) is 48.0 Å². The average molecular weight is 521 g/mol. The van der Waals surface area contributed by atoms with Crippen molar-refractivity contribution in [2.45, 2.75) is 6.54 Å². The van der Waals surface area contributed by atoms with Crippen LogP contribution in [0.15, 0.2) is 72.8 Å². The van der Waals surface area contributed by atoms with Crippen LogP contribution in [-0.2, 0) is 11.3 Å². The Morgan fingerprint density at radius 2 is 1.79 bits per heavy atom. The molecule has 0 saturated carbocycles. The Hall–Kier alpha value is -5.10. The van der Waals surface area contributed by atoms with Crippen LogP contribution in [-0.4, -0.2) is 55.5 Å². The molecule has 0 atom stereocenters. The molecule has 0 radical (unpaired) electrons. The van der Waals surface area contributed by atoms with E-state index in [0.29, 0.717) is 55.2 Å². The van der Waals surface area contributed by atoms with Crippen molar-refractivity contribution in [2.75, 3.05) is 48.8 Å². The lowest BCUT2D eigenvalue weighted by atomic mass is 10.1. The zero-order valence-corrected chi connectivity index (χ0v) is 21.6. The number of amides is 2. The van der Waals surface area contributed by atoms with E-state index < -0.39 is 0 Å². The largest absolute Gasteiger partial charge is 0.497 e. The van der Waals surface area contributed by atoms with Gasteiger partial charge in [0.05, 0.1) is 18.3 Å². The number of nitrogens with zero attached hydrogens (tertiary/aromatic N) is 4. The van der Waals surface area contributed by atoms with Crippen LogP contribution in [0.5, 0.6) is 5.75 Å². The molecule has 9 heteroatoms. The number of nitriles is 1. The lowest BCUT2D eigenvalue weighted by Crippen LogP contribution is -2.45. The number of pyridine rings is 1. The van der Waals surface area contributed by atoms with E-state index in [0.717, 1.165) is 23.0 Å². The first kappa shape index (κ1) is 25.5. The van der Waals surface area contributed by atoms with E-state index >= 15 is 0 Å². The number of rotatable bonds is 8. The van der Waals surface area contributed by atoms with Gasteiger partial charge in [0.15, 0.2) is 5.82 Å². The molecule has 2 N–H and O–H groups in total. The third-order valence-corrected chi connectivity index (χ3v) is 6.81. The van der Waals surface area contributed by atoms with Crippen LogP contribution >= 0.6 is 0 Å². The molecule has 0 unspecified atom stereocenters. The third-order valence-electron chi connectivity index (χ3n) is 6.81. The van der Waals surface area contributed by atoms with Gasteiger partial charge in [0.2, 0.25) is 6.41 Å². The van der Waals surface area contributed by atoms with Gasteiger partial charge in [-0.3, -0.25) is 9.59 Å². The molecule has 1 fully saturated rings. The van der Waals surface area contributed by atoms with E-state index in [1.165, 1.54) is 0 Å². The third kappa shape index (κ3) is 5.60. The van der Waals surface area contributed by atoms with Gasteiger partial charge in [-0.2, -0.15) is 5.26 Å². The fourth-order valence-corrected chi connectivity index (χ4v) is 4.62. The zero-order valence-electron chi connectivity index (χ0n) is 21.6. The number of ether oxygens (including phenoxy) is 1. The number of nitrogens with one attached hydrogen (secondary N) is 2. The second-order valence-electron chi connectivity index (χ2n) is 9.17. The number of benzene rings is 3. The summed E-state index contributed by atoms with van der Waals surface area (Å²) in [6.07, 6.45) is 0.883. The van der Waals surface area contributed by atoms with Crippen molar-refractivity contribution in [3.8, 4) is 11.8 Å². The van der Waals surface area contributed by atoms with Crippen LogP contribution in [0.4, 0.5) is 17.2 Å². The van der Waals surface area contributed by atoms with E-state index in [1.54, 1.807) is 36.3 Å². The first-order valence-electron chi connectivity index (χ1n) is 12.6. The number of carbonyl (C=O) groups is 2. The molecule has 0 spiro atoms. The number of methoxy groups -OCH3 is 1. The van der Waals surface area contributed by atoms with Crippen LogP contribution in [0, 0.1) is 11.3 Å². The van der Waals surface area contributed by atoms with E-state index in [2.05, 4.69) is 26.6 Å². The van der Waals surface area contributed by atoms with Crippen molar-refractivity contribution >= 4 is 40.4 Å². The van der Waals surface area contributed by atoms with Crippen LogP contribution in [0.1, 0.15) is 21.5 Å². The summed E-state index contributed by atoms with van der Waals surface area (Å²) in [4.78, 5) is 32.9. The fraction of sp³-hybridized carbons (Fsp3) is 0.200. The van der Waals surface area contributed by atoms with Gasteiger partial charge < -0.3 is 25.2 Å². The summed E-state index contributed by atoms with van der Waals surface area (Å²) in [7, 11) is 1.56. The molecule has 0 bridgehead atoms. The second-order valence-corrected chi connectivity index (χ2v) is 9.17. The summed E-state index contributed by atoms with van der Waals surface area (Å²) >= 11 is 0. The SMILES string of the molecule is COc1ccc(C(=O)Nc2nc3ccc(N4CCN(C=O)CC4)cc3c(NCc3ccccc3)c2C#N)cc1. The number of carbonyl (C=O) groups excluding carboxylic acids is 2. The summed E-state index contributed by atoms with van der Waals surface area (Å²) in [6, 6.07) is 24.8. The molecule has 2 heterocycles. The van der Waals surface area contributed by atoms with E-state index in [4.69, 9.17) is 4.74 Å². The van der Waals surface area contributed by atoms with Crippen LogP contribution in [0.3, 0.4) is 0 Å². The summed E-state index contributed by atoms with van der Waals surface area (Å²) in [5, 5.41) is 17.3. The normalized spacial score (nSPS) is 13.0. The lowest BCUT2D eigenvalue weighted by molar-refractivity contribution is -0.118. The van der Waals surface area contributed by atoms with E-state index in [1.807, 2.05) is 48.5 Å². The minimum absolute atomic E-state index is 0.189. The molecule has 1 aliphatic rings. The molecule has 1 aliphatic heterocycles. The molecule has 9 nitrogen and oxygen atoms in total.